The minimum absolute atomic E-state index is 0.0159. The molecule has 1 atom stereocenters. The van der Waals surface area contributed by atoms with Gasteiger partial charge in [0, 0.05) is 18.9 Å². The molecule has 0 bridgehead atoms. The second kappa shape index (κ2) is 4.26. The number of fused-ring (bicyclic) bond motifs is 1. The summed E-state index contributed by atoms with van der Waals surface area (Å²) in [5.74, 6) is 4.00. The van der Waals surface area contributed by atoms with Crippen LogP contribution in [0.2, 0.25) is 0 Å². The molecular formula is C14H13NO3. The number of hydrogen-bond donors (Lipinski definition) is 0. The van der Waals surface area contributed by atoms with E-state index in [9.17, 15) is 4.79 Å². The summed E-state index contributed by atoms with van der Waals surface area (Å²) in [6.45, 7) is 1.59. The van der Waals surface area contributed by atoms with Gasteiger partial charge in [-0.25, -0.2) is 0 Å². The van der Waals surface area contributed by atoms with Gasteiger partial charge < -0.3 is 14.4 Å². The third-order valence-corrected chi connectivity index (χ3v) is 3.20. The molecule has 1 amide bonds. The number of rotatable bonds is 1. The van der Waals surface area contributed by atoms with Crippen molar-refractivity contribution in [3.63, 3.8) is 0 Å². The van der Waals surface area contributed by atoms with Crippen LogP contribution in [-0.2, 0) is 4.79 Å². The van der Waals surface area contributed by atoms with Crippen molar-refractivity contribution in [3.05, 3.63) is 18.2 Å². The Morgan fingerprint density at radius 1 is 1.33 bits per heavy atom. The van der Waals surface area contributed by atoms with Gasteiger partial charge in [0.05, 0.1) is 5.69 Å². The Morgan fingerprint density at radius 2 is 2.17 bits per heavy atom. The maximum Gasteiger partial charge on any atom is 0.228 e. The maximum atomic E-state index is 12.0. The van der Waals surface area contributed by atoms with Gasteiger partial charge >= 0.3 is 0 Å². The molecule has 1 unspecified atom stereocenters. The van der Waals surface area contributed by atoms with E-state index in [0.29, 0.717) is 37.7 Å². The summed E-state index contributed by atoms with van der Waals surface area (Å²) < 4.78 is 11.1. The van der Waals surface area contributed by atoms with Crippen LogP contribution < -0.4 is 14.4 Å². The summed E-state index contributed by atoms with van der Waals surface area (Å²) in [6.07, 6.45) is 5.79. The van der Waals surface area contributed by atoms with Gasteiger partial charge in [0.15, 0.2) is 11.5 Å². The van der Waals surface area contributed by atoms with Crippen molar-refractivity contribution in [3.8, 4) is 23.8 Å². The molecule has 4 nitrogen and oxygen atoms in total. The molecule has 1 aromatic rings. The number of ether oxygens (including phenoxy) is 2. The van der Waals surface area contributed by atoms with Crippen LogP contribution in [0.4, 0.5) is 5.69 Å². The van der Waals surface area contributed by atoms with Gasteiger partial charge in [-0.15, -0.1) is 12.3 Å². The fraction of sp³-hybridized carbons (Fsp3) is 0.357. The summed E-state index contributed by atoms with van der Waals surface area (Å²) in [6, 6.07) is 5.57. The lowest BCUT2D eigenvalue weighted by Gasteiger charge is -2.25. The lowest BCUT2D eigenvalue weighted by Crippen LogP contribution is -2.26. The number of para-hydroxylation sites is 1. The van der Waals surface area contributed by atoms with Gasteiger partial charge in [0.2, 0.25) is 5.91 Å². The Hall–Kier alpha value is -2.15. The minimum Gasteiger partial charge on any atom is -0.486 e. The van der Waals surface area contributed by atoms with Crippen LogP contribution in [0.1, 0.15) is 6.42 Å². The van der Waals surface area contributed by atoms with Crippen LogP contribution >= 0.6 is 0 Å². The molecule has 4 heteroatoms. The van der Waals surface area contributed by atoms with E-state index >= 15 is 0 Å². The van der Waals surface area contributed by atoms with Crippen LogP contribution in [0.5, 0.6) is 11.5 Å². The molecule has 92 valence electrons. The predicted octanol–water partition coefficient (Wildman–Crippen LogP) is 1.44. The number of nitrogens with zero attached hydrogens (tertiary/aromatic N) is 1. The van der Waals surface area contributed by atoms with Crippen LogP contribution in [0.25, 0.3) is 0 Å². The molecule has 0 radical (unpaired) electrons. The molecule has 0 saturated carbocycles. The topological polar surface area (TPSA) is 38.8 Å². The molecule has 3 rings (SSSR count). The molecule has 18 heavy (non-hydrogen) atoms. The number of carbonyl (C=O) groups excluding carboxylic acids is 1. The predicted molar refractivity (Wildman–Crippen MR) is 66.7 cm³/mol. The number of anilines is 1. The number of benzene rings is 1. The Bertz CT molecular complexity index is 532. The van der Waals surface area contributed by atoms with Gasteiger partial charge in [-0.3, -0.25) is 4.79 Å². The van der Waals surface area contributed by atoms with Crippen molar-refractivity contribution in [2.45, 2.75) is 6.42 Å². The van der Waals surface area contributed by atoms with E-state index in [1.807, 2.05) is 18.2 Å². The molecule has 0 aliphatic carbocycles. The van der Waals surface area contributed by atoms with Crippen molar-refractivity contribution in [1.82, 2.24) is 0 Å². The van der Waals surface area contributed by atoms with Gasteiger partial charge in [0.25, 0.3) is 0 Å². The minimum atomic E-state index is -0.0159. The highest BCUT2D eigenvalue weighted by molar-refractivity contribution is 5.98. The third kappa shape index (κ3) is 1.68. The molecule has 0 N–H and O–H groups in total. The van der Waals surface area contributed by atoms with E-state index in [1.54, 1.807) is 4.90 Å². The fourth-order valence-corrected chi connectivity index (χ4v) is 2.32. The van der Waals surface area contributed by atoms with E-state index in [-0.39, 0.29) is 11.8 Å². The number of hydrogen-bond acceptors (Lipinski definition) is 3. The first kappa shape index (κ1) is 11.0. The standard InChI is InChI=1S/C14H13NO3/c1-2-10-8-13(16)15(9-10)11-4-3-5-12-14(11)18-7-6-17-12/h1,3-5,10H,6-9H2. The van der Waals surface area contributed by atoms with E-state index in [4.69, 9.17) is 15.9 Å². The molecule has 1 fully saturated rings. The highest BCUT2D eigenvalue weighted by Gasteiger charge is 2.32. The SMILES string of the molecule is C#CC1CC(=O)N(c2cccc3c2OCCO3)C1. The van der Waals surface area contributed by atoms with E-state index < -0.39 is 0 Å². The van der Waals surface area contributed by atoms with Gasteiger partial charge in [0.1, 0.15) is 13.2 Å². The quantitative estimate of drug-likeness (QED) is 0.701. The fourth-order valence-electron chi connectivity index (χ4n) is 2.32. The summed E-state index contributed by atoms with van der Waals surface area (Å²) in [7, 11) is 0. The Labute approximate surface area is 105 Å². The van der Waals surface area contributed by atoms with Crippen molar-refractivity contribution in [1.29, 1.82) is 0 Å². The zero-order chi connectivity index (χ0) is 12.5. The lowest BCUT2D eigenvalue weighted by atomic mass is 10.1. The Balaban J connectivity index is 1.98. The molecular weight excluding hydrogens is 230 g/mol. The maximum absolute atomic E-state index is 12.0. The number of amides is 1. The van der Waals surface area contributed by atoms with Crippen LogP contribution in [0.3, 0.4) is 0 Å². The molecule has 2 aliphatic rings. The first-order chi connectivity index (χ1) is 8.79. The molecule has 0 aromatic heterocycles. The number of terminal acetylenes is 1. The monoisotopic (exact) mass is 243 g/mol. The van der Waals surface area contributed by atoms with Crippen molar-refractivity contribution < 1.29 is 14.3 Å². The van der Waals surface area contributed by atoms with E-state index in [2.05, 4.69) is 5.92 Å². The van der Waals surface area contributed by atoms with Gasteiger partial charge in [-0.05, 0) is 12.1 Å². The third-order valence-electron chi connectivity index (χ3n) is 3.20. The van der Waals surface area contributed by atoms with Crippen molar-refractivity contribution in [2.24, 2.45) is 5.92 Å². The number of carbonyl (C=O) groups is 1. The van der Waals surface area contributed by atoms with E-state index in [1.165, 1.54) is 0 Å². The zero-order valence-electron chi connectivity index (χ0n) is 9.89. The first-order valence-corrected chi connectivity index (χ1v) is 5.94. The average Bonchev–Trinajstić information content (AvgIpc) is 2.79. The second-order valence-electron chi connectivity index (χ2n) is 4.37. The van der Waals surface area contributed by atoms with E-state index in [0.717, 1.165) is 5.69 Å². The Kier molecular flexibility index (Phi) is 2.60. The molecule has 1 aromatic carbocycles. The van der Waals surface area contributed by atoms with Crippen molar-refractivity contribution >= 4 is 11.6 Å². The zero-order valence-corrected chi connectivity index (χ0v) is 9.89. The highest BCUT2D eigenvalue weighted by atomic mass is 16.6. The average molecular weight is 243 g/mol. The molecule has 1 saturated heterocycles. The summed E-state index contributed by atoms with van der Waals surface area (Å²) >= 11 is 0. The largest absolute Gasteiger partial charge is 0.486 e. The summed E-state index contributed by atoms with van der Waals surface area (Å²) in [5.41, 5.74) is 0.759. The molecule has 2 aliphatic heterocycles. The summed E-state index contributed by atoms with van der Waals surface area (Å²) in [5, 5.41) is 0. The van der Waals surface area contributed by atoms with Crippen molar-refractivity contribution in [2.75, 3.05) is 24.7 Å². The highest BCUT2D eigenvalue weighted by Crippen LogP contribution is 2.41. The Morgan fingerprint density at radius 3 is 2.94 bits per heavy atom. The smallest absolute Gasteiger partial charge is 0.228 e. The van der Waals surface area contributed by atoms with Gasteiger partial charge in [-0.2, -0.15) is 0 Å². The molecule has 0 spiro atoms. The second-order valence-corrected chi connectivity index (χ2v) is 4.37. The van der Waals surface area contributed by atoms with Crippen LogP contribution in [-0.4, -0.2) is 25.7 Å². The van der Waals surface area contributed by atoms with Crippen LogP contribution in [0.15, 0.2) is 18.2 Å². The van der Waals surface area contributed by atoms with Gasteiger partial charge in [-0.1, -0.05) is 6.07 Å². The van der Waals surface area contributed by atoms with Crippen LogP contribution in [0, 0.1) is 18.3 Å². The first-order valence-electron chi connectivity index (χ1n) is 5.94. The normalized spacial score (nSPS) is 21.8. The lowest BCUT2D eigenvalue weighted by molar-refractivity contribution is -0.117. The summed E-state index contributed by atoms with van der Waals surface area (Å²) in [4.78, 5) is 13.7. The molecule has 2 heterocycles.